The molecule has 0 atom stereocenters. The van der Waals surface area contributed by atoms with Crippen molar-refractivity contribution in [1.29, 1.82) is 0 Å². The molecule has 0 fully saturated rings. The van der Waals surface area contributed by atoms with E-state index in [2.05, 4.69) is 26.5 Å². The number of hydrazone groups is 1. The molecule has 1 N–H and O–H groups in total. The quantitative estimate of drug-likeness (QED) is 0.638. The Morgan fingerprint density at radius 1 is 1.32 bits per heavy atom. The summed E-state index contributed by atoms with van der Waals surface area (Å²) in [4.78, 5) is 12.0. The number of carbonyl (C=O) groups is 1. The summed E-state index contributed by atoms with van der Waals surface area (Å²) in [6.45, 7) is 1.91. The lowest BCUT2D eigenvalue weighted by atomic mass is 10.1. The van der Waals surface area contributed by atoms with Gasteiger partial charge in [-0.1, -0.05) is 33.6 Å². The van der Waals surface area contributed by atoms with Gasteiger partial charge in [0.25, 0.3) is 5.91 Å². The maximum absolute atomic E-state index is 12.0. The molecule has 2 aromatic rings. The van der Waals surface area contributed by atoms with Crippen LogP contribution < -0.4 is 10.2 Å². The SMILES string of the molecule is COc1ccc(Br)cc1/C=N\NC(=O)c1ccc(C)cc1Cl. The van der Waals surface area contributed by atoms with E-state index in [4.69, 9.17) is 16.3 Å². The Hall–Kier alpha value is -1.85. The molecular formula is C16H14BrClN2O2. The number of amides is 1. The topological polar surface area (TPSA) is 50.7 Å². The van der Waals surface area contributed by atoms with Crippen LogP contribution >= 0.6 is 27.5 Å². The van der Waals surface area contributed by atoms with Gasteiger partial charge in [0.15, 0.2) is 0 Å². The summed E-state index contributed by atoms with van der Waals surface area (Å²) in [5.41, 5.74) is 4.57. The summed E-state index contributed by atoms with van der Waals surface area (Å²) in [7, 11) is 1.57. The van der Waals surface area contributed by atoms with Gasteiger partial charge in [0.2, 0.25) is 0 Å². The van der Waals surface area contributed by atoms with E-state index in [1.807, 2.05) is 31.2 Å². The zero-order valence-electron chi connectivity index (χ0n) is 12.1. The van der Waals surface area contributed by atoms with E-state index in [0.717, 1.165) is 15.6 Å². The Kier molecular flexibility index (Phi) is 5.57. The second-order valence-electron chi connectivity index (χ2n) is 4.57. The molecule has 6 heteroatoms. The second kappa shape index (κ2) is 7.42. The third-order valence-corrected chi connectivity index (χ3v) is 3.74. The number of nitrogens with zero attached hydrogens (tertiary/aromatic N) is 1. The number of hydrogen-bond acceptors (Lipinski definition) is 3. The van der Waals surface area contributed by atoms with E-state index in [9.17, 15) is 4.79 Å². The van der Waals surface area contributed by atoms with Gasteiger partial charge in [0, 0.05) is 10.0 Å². The predicted molar refractivity (Wildman–Crippen MR) is 91.9 cm³/mol. The molecule has 0 unspecified atom stereocenters. The first-order valence-electron chi connectivity index (χ1n) is 6.44. The van der Waals surface area contributed by atoms with Gasteiger partial charge in [-0.2, -0.15) is 5.10 Å². The number of rotatable bonds is 4. The van der Waals surface area contributed by atoms with E-state index in [1.54, 1.807) is 19.2 Å². The zero-order valence-corrected chi connectivity index (χ0v) is 14.4. The van der Waals surface area contributed by atoms with Crippen LogP contribution in [0.25, 0.3) is 0 Å². The van der Waals surface area contributed by atoms with Gasteiger partial charge in [0.1, 0.15) is 5.75 Å². The first kappa shape index (κ1) is 16.5. The minimum atomic E-state index is -0.366. The maximum Gasteiger partial charge on any atom is 0.272 e. The number of ether oxygens (including phenoxy) is 1. The lowest BCUT2D eigenvalue weighted by Crippen LogP contribution is -2.18. The van der Waals surface area contributed by atoms with Gasteiger partial charge in [-0.25, -0.2) is 5.43 Å². The fourth-order valence-corrected chi connectivity index (χ4v) is 2.53. The van der Waals surface area contributed by atoms with Crippen LogP contribution in [0.3, 0.4) is 0 Å². The summed E-state index contributed by atoms with van der Waals surface area (Å²) < 4.78 is 6.12. The van der Waals surface area contributed by atoms with Crippen LogP contribution in [0, 0.1) is 6.92 Å². The average molecular weight is 382 g/mol. The van der Waals surface area contributed by atoms with E-state index in [1.165, 1.54) is 6.21 Å². The van der Waals surface area contributed by atoms with E-state index >= 15 is 0 Å². The third-order valence-electron chi connectivity index (χ3n) is 2.93. The van der Waals surface area contributed by atoms with E-state index in [-0.39, 0.29) is 5.91 Å². The molecule has 0 aliphatic carbocycles. The van der Waals surface area contributed by atoms with E-state index < -0.39 is 0 Å². The van der Waals surface area contributed by atoms with Gasteiger partial charge in [-0.05, 0) is 42.8 Å². The molecule has 0 aliphatic rings. The smallest absolute Gasteiger partial charge is 0.272 e. The number of carbonyl (C=O) groups excluding carboxylic acids is 1. The van der Waals surface area contributed by atoms with Crippen LogP contribution in [0.4, 0.5) is 0 Å². The van der Waals surface area contributed by atoms with Crippen molar-refractivity contribution in [3.8, 4) is 5.75 Å². The summed E-state index contributed by atoms with van der Waals surface area (Å²) in [5.74, 6) is 0.296. The molecule has 22 heavy (non-hydrogen) atoms. The molecule has 0 saturated heterocycles. The Morgan fingerprint density at radius 2 is 2.09 bits per heavy atom. The van der Waals surface area contributed by atoms with Gasteiger partial charge in [-0.15, -0.1) is 0 Å². The van der Waals surface area contributed by atoms with Crippen LogP contribution in [0.5, 0.6) is 5.75 Å². The predicted octanol–water partition coefficient (Wildman–Crippen LogP) is 4.18. The molecule has 0 aliphatic heterocycles. The molecule has 0 heterocycles. The summed E-state index contributed by atoms with van der Waals surface area (Å²) >= 11 is 9.43. The van der Waals surface area contributed by atoms with E-state index in [0.29, 0.717) is 16.3 Å². The monoisotopic (exact) mass is 380 g/mol. The highest BCUT2D eigenvalue weighted by Crippen LogP contribution is 2.21. The molecule has 0 radical (unpaired) electrons. The number of hydrogen-bond donors (Lipinski definition) is 1. The highest BCUT2D eigenvalue weighted by molar-refractivity contribution is 9.10. The Balaban J connectivity index is 2.12. The molecule has 4 nitrogen and oxygen atoms in total. The van der Waals surface area contributed by atoms with Gasteiger partial charge in [0.05, 0.1) is 23.9 Å². The lowest BCUT2D eigenvalue weighted by Gasteiger charge is -2.05. The minimum absolute atomic E-state index is 0.366. The summed E-state index contributed by atoms with van der Waals surface area (Å²) in [5, 5.41) is 4.34. The molecule has 2 aromatic carbocycles. The number of aryl methyl sites for hydroxylation is 1. The van der Waals surface area contributed by atoms with Crippen LogP contribution in [0.2, 0.25) is 5.02 Å². The Labute approximate surface area is 142 Å². The summed E-state index contributed by atoms with van der Waals surface area (Å²) in [6, 6.07) is 10.7. The van der Waals surface area contributed by atoms with Gasteiger partial charge in [-0.3, -0.25) is 4.79 Å². The molecule has 1 amide bonds. The number of methoxy groups -OCH3 is 1. The van der Waals surface area contributed by atoms with Crippen molar-refractivity contribution < 1.29 is 9.53 Å². The van der Waals surface area contributed by atoms with Crippen molar-refractivity contribution >= 4 is 39.7 Å². The Morgan fingerprint density at radius 3 is 2.77 bits per heavy atom. The second-order valence-corrected chi connectivity index (χ2v) is 5.89. The number of nitrogens with one attached hydrogen (secondary N) is 1. The standard InChI is InChI=1S/C16H14BrClN2O2/c1-10-3-5-13(14(18)7-10)16(21)20-19-9-11-8-12(17)4-6-15(11)22-2/h3-9H,1-2H3,(H,20,21)/b19-9-. The minimum Gasteiger partial charge on any atom is -0.496 e. The first-order valence-corrected chi connectivity index (χ1v) is 7.61. The maximum atomic E-state index is 12.0. The summed E-state index contributed by atoms with van der Waals surface area (Å²) in [6.07, 6.45) is 1.52. The molecule has 114 valence electrons. The van der Waals surface area contributed by atoms with Gasteiger partial charge >= 0.3 is 0 Å². The van der Waals surface area contributed by atoms with Crippen molar-refractivity contribution in [1.82, 2.24) is 5.43 Å². The fraction of sp³-hybridized carbons (Fsp3) is 0.125. The van der Waals surface area contributed by atoms with Gasteiger partial charge < -0.3 is 4.74 Å². The van der Waals surface area contributed by atoms with Crippen molar-refractivity contribution in [2.24, 2.45) is 5.10 Å². The lowest BCUT2D eigenvalue weighted by molar-refractivity contribution is 0.0955. The largest absolute Gasteiger partial charge is 0.496 e. The molecule has 0 aromatic heterocycles. The van der Waals surface area contributed by atoms with Crippen molar-refractivity contribution in [2.75, 3.05) is 7.11 Å². The highest BCUT2D eigenvalue weighted by Gasteiger charge is 2.09. The molecule has 2 rings (SSSR count). The van der Waals surface area contributed by atoms with Crippen LogP contribution in [0.1, 0.15) is 21.5 Å². The van der Waals surface area contributed by atoms with Crippen molar-refractivity contribution in [3.05, 3.63) is 62.6 Å². The average Bonchev–Trinajstić information content (AvgIpc) is 2.47. The first-order chi connectivity index (χ1) is 10.5. The normalized spacial score (nSPS) is 10.7. The molecular weight excluding hydrogens is 368 g/mol. The van der Waals surface area contributed by atoms with Crippen LogP contribution in [0.15, 0.2) is 46.0 Å². The molecule has 0 bridgehead atoms. The van der Waals surface area contributed by atoms with Crippen molar-refractivity contribution in [2.45, 2.75) is 6.92 Å². The Bertz CT molecular complexity index is 732. The fourth-order valence-electron chi connectivity index (χ4n) is 1.83. The zero-order chi connectivity index (χ0) is 16.1. The highest BCUT2D eigenvalue weighted by atomic mass is 79.9. The third kappa shape index (κ3) is 4.08. The van der Waals surface area contributed by atoms with Crippen LogP contribution in [-0.2, 0) is 0 Å². The van der Waals surface area contributed by atoms with Crippen molar-refractivity contribution in [3.63, 3.8) is 0 Å². The number of benzene rings is 2. The molecule has 0 spiro atoms. The van der Waals surface area contributed by atoms with Crippen LogP contribution in [-0.4, -0.2) is 19.2 Å². The molecule has 0 saturated carbocycles. The number of halogens is 2.